The lowest BCUT2D eigenvalue weighted by Gasteiger charge is -2.30. The maximum atomic E-state index is 12.5. The third kappa shape index (κ3) is 4.94. The number of benzene rings is 2. The van der Waals surface area contributed by atoms with Crippen LogP contribution in [0.4, 0.5) is 0 Å². The Morgan fingerprint density at radius 3 is 2.53 bits per heavy atom. The van der Waals surface area contributed by atoms with Gasteiger partial charge in [0.1, 0.15) is 6.54 Å². The van der Waals surface area contributed by atoms with E-state index < -0.39 is 0 Å². The topological polar surface area (TPSA) is 67.2 Å². The number of piperidine rings is 1. The molecule has 1 aliphatic heterocycles. The van der Waals surface area contributed by atoms with Gasteiger partial charge in [-0.2, -0.15) is 5.10 Å². The van der Waals surface area contributed by atoms with Crippen molar-refractivity contribution >= 4 is 16.7 Å². The molecule has 2 heterocycles. The standard InChI is InChI=1S/C24H28N4O2/c1-18-10-12-27(13-11-18)16-20-8-6-19(7-9-20)14-25-23(29)17-28-24(30)22-5-3-2-4-21(22)15-26-28/h2-9,15,18H,10-14,16-17H2,1H3,(H,25,29). The van der Waals surface area contributed by atoms with E-state index in [0.717, 1.165) is 23.4 Å². The first kappa shape index (κ1) is 20.3. The highest BCUT2D eigenvalue weighted by Crippen LogP contribution is 2.18. The van der Waals surface area contributed by atoms with Crippen LogP contribution in [0.15, 0.2) is 59.5 Å². The molecule has 0 spiro atoms. The molecule has 0 unspecified atom stereocenters. The van der Waals surface area contributed by atoms with E-state index in [-0.39, 0.29) is 18.0 Å². The third-order valence-electron chi connectivity index (χ3n) is 5.85. The van der Waals surface area contributed by atoms with Crippen LogP contribution in [0.2, 0.25) is 0 Å². The van der Waals surface area contributed by atoms with Crippen molar-refractivity contribution in [1.29, 1.82) is 0 Å². The molecule has 0 aliphatic carbocycles. The molecule has 1 saturated heterocycles. The molecule has 1 amide bonds. The highest BCUT2D eigenvalue weighted by Gasteiger charge is 2.15. The smallest absolute Gasteiger partial charge is 0.275 e. The first-order chi connectivity index (χ1) is 14.6. The van der Waals surface area contributed by atoms with Gasteiger partial charge in [0.2, 0.25) is 5.91 Å². The van der Waals surface area contributed by atoms with Gasteiger partial charge in [-0.15, -0.1) is 0 Å². The van der Waals surface area contributed by atoms with Crippen molar-refractivity contribution in [3.05, 3.63) is 76.2 Å². The molecule has 0 atom stereocenters. The Kier molecular flexibility index (Phi) is 6.23. The van der Waals surface area contributed by atoms with Crippen molar-refractivity contribution in [1.82, 2.24) is 20.0 Å². The van der Waals surface area contributed by atoms with Gasteiger partial charge in [0, 0.05) is 18.5 Å². The Hall–Kier alpha value is -2.99. The van der Waals surface area contributed by atoms with E-state index >= 15 is 0 Å². The Morgan fingerprint density at radius 1 is 1.07 bits per heavy atom. The normalized spacial score (nSPS) is 15.4. The van der Waals surface area contributed by atoms with Crippen LogP contribution in [0.1, 0.15) is 30.9 Å². The number of carbonyl (C=O) groups is 1. The largest absolute Gasteiger partial charge is 0.350 e. The average Bonchev–Trinajstić information content (AvgIpc) is 2.77. The minimum Gasteiger partial charge on any atom is -0.350 e. The van der Waals surface area contributed by atoms with E-state index in [1.54, 1.807) is 12.3 Å². The summed E-state index contributed by atoms with van der Waals surface area (Å²) < 4.78 is 1.21. The highest BCUT2D eigenvalue weighted by molar-refractivity contribution is 5.81. The number of rotatable bonds is 6. The van der Waals surface area contributed by atoms with Crippen molar-refractivity contribution < 1.29 is 4.79 Å². The summed E-state index contributed by atoms with van der Waals surface area (Å²) in [6.07, 6.45) is 4.17. The number of nitrogens with zero attached hydrogens (tertiary/aromatic N) is 3. The summed E-state index contributed by atoms with van der Waals surface area (Å²) in [6, 6.07) is 15.6. The monoisotopic (exact) mass is 404 g/mol. The summed E-state index contributed by atoms with van der Waals surface area (Å²) in [5, 5.41) is 8.34. The van der Waals surface area contributed by atoms with Gasteiger partial charge in [-0.05, 0) is 49.0 Å². The number of nitrogens with one attached hydrogen (secondary N) is 1. The van der Waals surface area contributed by atoms with Crippen molar-refractivity contribution in [3.63, 3.8) is 0 Å². The Morgan fingerprint density at radius 2 is 1.77 bits per heavy atom. The number of aromatic nitrogens is 2. The molecule has 30 heavy (non-hydrogen) atoms. The molecule has 1 fully saturated rings. The van der Waals surface area contributed by atoms with Crippen LogP contribution < -0.4 is 10.9 Å². The zero-order valence-electron chi connectivity index (χ0n) is 17.4. The van der Waals surface area contributed by atoms with Gasteiger partial charge in [0.25, 0.3) is 5.56 Å². The molecule has 0 bridgehead atoms. The van der Waals surface area contributed by atoms with Crippen LogP contribution in [0.5, 0.6) is 0 Å². The number of hydrogen-bond donors (Lipinski definition) is 1. The van der Waals surface area contributed by atoms with Crippen molar-refractivity contribution in [2.24, 2.45) is 5.92 Å². The number of likely N-dealkylation sites (tertiary alicyclic amines) is 1. The van der Waals surface area contributed by atoms with Gasteiger partial charge in [-0.1, -0.05) is 49.4 Å². The summed E-state index contributed by atoms with van der Waals surface area (Å²) in [5.41, 5.74) is 2.09. The highest BCUT2D eigenvalue weighted by atomic mass is 16.2. The summed E-state index contributed by atoms with van der Waals surface area (Å²) in [6.45, 7) is 5.99. The van der Waals surface area contributed by atoms with Crippen LogP contribution in [0, 0.1) is 5.92 Å². The van der Waals surface area contributed by atoms with Gasteiger partial charge in [-0.3, -0.25) is 14.5 Å². The minimum absolute atomic E-state index is 0.0882. The van der Waals surface area contributed by atoms with E-state index in [9.17, 15) is 9.59 Å². The zero-order valence-corrected chi connectivity index (χ0v) is 17.4. The van der Waals surface area contributed by atoms with Crippen molar-refractivity contribution in [2.45, 2.75) is 39.4 Å². The zero-order chi connectivity index (χ0) is 20.9. The van der Waals surface area contributed by atoms with Crippen molar-refractivity contribution in [2.75, 3.05) is 13.1 Å². The van der Waals surface area contributed by atoms with E-state index in [0.29, 0.717) is 11.9 Å². The lowest BCUT2D eigenvalue weighted by atomic mass is 9.99. The summed E-state index contributed by atoms with van der Waals surface area (Å²) >= 11 is 0. The van der Waals surface area contributed by atoms with E-state index in [2.05, 4.69) is 46.5 Å². The van der Waals surface area contributed by atoms with Crippen LogP contribution in [0.25, 0.3) is 10.8 Å². The number of hydrogen-bond acceptors (Lipinski definition) is 4. The molecule has 156 valence electrons. The Bertz CT molecular complexity index is 1070. The molecule has 4 rings (SSSR count). The summed E-state index contributed by atoms with van der Waals surface area (Å²) in [5.74, 6) is 0.610. The Balaban J connectivity index is 1.30. The fourth-order valence-electron chi connectivity index (χ4n) is 3.87. The average molecular weight is 405 g/mol. The van der Waals surface area contributed by atoms with Crippen molar-refractivity contribution in [3.8, 4) is 0 Å². The second-order valence-corrected chi connectivity index (χ2v) is 8.25. The molecule has 1 aromatic heterocycles. The predicted octanol–water partition coefficient (Wildman–Crippen LogP) is 2.94. The third-order valence-corrected chi connectivity index (χ3v) is 5.85. The molecule has 6 heteroatoms. The second-order valence-electron chi connectivity index (χ2n) is 8.25. The number of fused-ring (bicyclic) bond motifs is 1. The predicted molar refractivity (Wildman–Crippen MR) is 118 cm³/mol. The molecule has 2 aromatic carbocycles. The lowest BCUT2D eigenvalue weighted by molar-refractivity contribution is -0.122. The lowest BCUT2D eigenvalue weighted by Crippen LogP contribution is -2.33. The molecule has 0 radical (unpaired) electrons. The van der Waals surface area contributed by atoms with Crippen LogP contribution in [0.3, 0.4) is 0 Å². The molecular weight excluding hydrogens is 376 g/mol. The second kappa shape index (κ2) is 9.22. The maximum Gasteiger partial charge on any atom is 0.275 e. The maximum absolute atomic E-state index is 12.5. The molecule has 1 aliphatic rings. The van der Waals surface area contributed by atoms with E-state index in [4.69, 9.17) is 0 Å². The molecule has 1 N–H and O–H groups in total. The van der Waals surface area contributed by atoms with Crippen LogP contribution >= 0.6 is 0 Å². The minimum atomic E-state index is -0.250. The fourth-order valence-corrected chi connectivity index (χ4v) is 3.87. The Labute approximate surface area is 176 Å². The summed E-state index contributed by atoms with van der Waals surface area (Å²) in [7, 11) is 0. The first-order valence-electron chi connectivity index (χ1n) is 10.6. The fraction of sp³-hybridized carbons (Fsp3) is 0.375. The first-order valence-corrected chi connectivity index (χ1v) is 10.6. The molecular formula is C24H28N4O2. The van der Waals surface area contributed by atoms with Gasteiger partial charge >= 0.3 is 0 Å². The van der Waals surface area contributed by atoms with Gasteiger partial charge < -0.3 is 5.32 Å². The SMILES string of the molecule is CC1CCN(Cc2ccc(CNC(=O)Cn3ncc4ccccc4c3=O)cc2)CC1. The van der Waals surface area contributed by atoms with Crippen LogP contribution in [-0.2, 0) is 24.4 Å². The van der Waals surface area contributed by atoms with Gasteiger partial charge in [0.15, 0.2) is 0 Å². The van der Waals surface area contributed by atoms with E-state index in [1.165, 1.54) is 36.2 Å². The quantitative estimate of drug-likeness (QED) is 0.686. The van der Waals surface area contributed by atoms with E-state index in [1.807, 2.05) is 18.2 Å². The number of amides is 1. The molecule has 3 aromatic rings. The number of carbonyl (C=O) groups excluding carboxylic acids is 1. The molecule has 6 nitrogen and oxygen atoms in total. The van der Waals surface area contributed by atoms with Gasteiger partial charge in [-0.25, -0.2) is 4.68 Å². The van der Waals surface area contributed by atoms with Crippen LogP contribution in [-0.4, -0.2) is 33.7 Å². The van der Waals surface area contributed by atoms with Gasteiger partial charge in [0.05, 0.1) is 11.6 Å². The molecule has 0 saturated carbocycles. The summed E-state index contributed by atoms with van der Waals surface area (Å²) in [4.78, 5) is 27.3.